The van der Waals surface area contributed by atoms with Crippen molar-refractivity contribution < 1.29 is 0 Å². The molecule has 2 heterocycles. The molecule has 0 spiro atoms. The second-order valence-corrected chi connectivity index (χ2v) is 5.31. The maximum Gasteiger partial charge on any atom is 0.149 e. The average molecular weight is 299 g/mol. The highest BCUT2D eigenvalue weighted by molar-refractivity contribution is 9.10. The van der Waals surface area contributed by atoms with Crippen LogP contribution in [0.1, 0.15) is 19.8 Å². The van der Waals surface area contributed by atoms with Crippen molar-refractivity contribution in [3.8, 4) is 0 Å². The Labute approximate surface area is 111 Å². The summed E-state index contributed by atoms with van der Waals surface area (Å²) in [7, 11) is 0. The molecular formula is C12H19BrN4. The first-order valence-electron chi connectivity index (χ1n) is 6.09. The number of hydrogen-bond donors (Lipinski definition) is 2. The van der Waals surface area contributed by atoms with Crippen molar-refractivity contribution in [2.75, 3.05) is 30.7 Å². The number of nitrogen functional groups attached to an aromatic ring is 1. The zero-order valence-corrected chi connectivity index (χ0v) is 11.7. The van der Waals surface area contributed by atoms with Crippen LogP contribution in [0.3, 0.4) is 0 Å². The number of halogens is 1. The summed E-state index contributed by atoms with van der Waals surface area (Å²) in [4.78, 5) is 6.79. The lowest BCUT2D eigenvalue weighted by Crippen LogP contribution is -2.34. The number of rotatable bonds is 4. The summed E-state index contributed by atoms with van der Waals surface area (Å²) in [6, 6.07) is 2.49. The van der Waals surface area contributed by atoms with E-state index in [0.29, 0.717) is 11.7 Å². The maximum atomic E-state index is 5.90. The standard InChI is InChI=1S/C12H19BrN4/c1-2-17-5-3-4-10(17)8-16-12-11(14)6-9(13)7-15-12/h6-7,10H,2-5,8,14H2,1H3,(H,15,16). The molecule has 94 valence electrons. The van der Waals surface area contributed by atoms with E-state index < -0.39 is 0 Å². The predicted molar refractivity (Wildman–Crippen MR) is 75.1 cm³/mol. The van der Waals surface area contributed by atoms with Crippen molar-refractivity contribution in [3.63, 3.8) is 0 Å². The lowest BCUT2D eigenvalue weighted by Gasteiger charge is -2.23. The summed E-state index contributed by atoms with van der Waals surface area (Å²) in [5.41, 5.74) is 6.60. The van der Waals surface area contributed by atoms with Crippen LogP contribution in [0.5, 0.6) is 0 Å². The van der Waals surface area contributed by atoms with Crippen molar-refractivity contribution in [2.45, 2.75) is 25.8 Å². The van der Waals surface area contributed by atoms with Crippen molar-refractivity contribution in [1.29, 1.82) is 0 Å². The lowest BCUT2D eigenvalue weighted by molar-refractivity contribution is 0.277. The Kier molecular flexibility index (Phi) is 4.23. The van der Waals surface area contributed by atoms with Gasteiger partial charge in [-0.1, -0.05) is 6.92 Å². The van der Waals surface area contributed by atoms with Crippen LogP contribution < -0.4 is 11.1 Å². The van der Waals surface area contributed by atoms with Gasteiger partial charge in [0.1, 0.15) is 5.82 Å². The molecule has 1 aromatic rings. The van der Waals surface area contributed by atoms with Crippen LogP contribution in [0.15, 0.2) is 16.7 Å². The number of likely N-dealkylation sites (tertiary alicyclic amines) is 1. The van der Waals surface area contributed by atoms with E-state index in [-0.39, 0.29) is 0 Å². The highest BCUT2D eigenvalue weighted by atomic mass is 79.9. The molecule has 0 amide bonds. The third kappa shape index (κ3) is 3.10. The Balaban J connectivity index is 1.93. The molecule has 0 saturated carbocycles. The molecule has 1 fully saturated rings. The van der Waals surface area contributed by atoms with E-state index in [2.05, 4.69) is 38.1 Å². The maximum absolute atomic E-state index is 5.90. The third-order valence-corrected chi connectivity index (χ3v) is 3.73. The Bertz CT molecular complexity index is 383. The van der Waals surface area contributed by atoms with Crippen LogP contribution in [0.25, 0.3) is 0 Å². The van der Waals surface area contributed by atoms with E-state index in [0.717, 1.165) is 23.4 Å². The number of nitrogens with two attached hydrogens (primary N) is 1. The number of hydrogen-bond acceptors (Lipinski definition) is 4. The smallest absolute Gasteiger partial charge is 0.149 e. The van der Waals surface area contributed by atoms with Crippen molar-refractivity contribution in [1.82, 2.24) is 9.88 Å². The molecule has 0 bridgehead atoms. The third-order valence-electron chi connectivity index (χ3n) is 3.29. The molecule has 1 aromatic heterocycles. The molecule has 3 N–H and O–H groups in total. The molecule has 2 rings (SSSR count). The highest BCUT2D eigenvalue weighted by Gasteiger charge is 2.22. The molecule has 1 atom stereocenters. The fourth-order valence-corrected chi connectivity index (χ4v) is 2.71. The van der Waals surface area contributed by atoms with Crippen LogP contribution in [-0.4, -0.2) is 35.6 Å². The molecular weight excluding hydrogens is 280 g/mol. The molecule has 17 heavy (non-hydrogen) atoms. The van der Waals surface area contributed by atoms with Crippen LogP contribution in [0.2, 0.25) is 0 Å². The Hall–Kier alpha value is -0.810. The van der Waals surface area contributed by atoms with E-state index in [1.54, 1.807) is 6.20 Å². The number of aromatic nitrogens is 1. The Morgan fingerprint density at radius 2 is 2.47 bits per heavy atom. The second-order valence-electron chi connectivity index (χ2n) is 4.40. The van der Waals surface area contributed by atoms with Gasteiger partial charge in [-0.05, 0) is 47.9 Å². The normalized spacial score (nSPS) is 20.7. The van der Waals surface area contributed by atoms with Gasteiger partial charge < -0.3 is 11.1 Å². The van der Waals surface area contributed by atoms with Gasteiger partial charge in [0, 0.05) is 23.3 Å². The van der Waals surface area contributed by atoms with Gasteiger partial charge in [-0.25, -0.2) is 4.98 Å². The first kappa shape index (κ1) is 12.6. The summed E-state index contributed by atoms with van der Waals surface area (Å²) in [6.45, 7) is 5.47. The molecule has 4 nitrogen and oxygen atoms in total. The van der Waals surface area contributed by atoms with Gasteiger partial charge in [0.15, 0.2) is 0 Å². The Morgan fingerprint density at radius 1 is 1.65 bits per heavy atom. The predicted octanol–water partition coefficient (Wildman–Crippen LogP) is 2.32. The van der Waals surface area contributed by atoms with Crippen molar-refractivity contribution in [2.24, 2.45) is 0 Å². The van der Waals surface area contributed by atoms with Crippen molar-refractivity contribution >= 4 is 27.4 Å². The monoisotopic (exact) mass is 298 g/mol. The first-order chi connectivity index (χ1) is 8.20. The summed E-state index contributed by atoms with van der Waals surface area (Å²) in [5, 5.41) is 3.35. The van der Waals surface area contributed by atoms with Gasteiger partial charge >= 0.3 is 0 Å². The largest absolute Gasteiger partial charge is 0.396 e. The van der Waals surface area contributed by atoms with Crippen LogP contribution in [0.4, 0.5) is 11.5 Å². The number of likely N-dealkylation sites (N-methyl/N-ethyl adjacent to an activating group) is 1. The van der Waals surface area contributed by atoms with Gasteiger partial charge in [0.2, 0.25) is 0 Å². The van der Waals surface area contributed by atoms with Gasteiger partial charge in [0.05, 0.1) is 5.69 Å². The lowest BCUT2D eigenvalue weighted by atomic mass is 10.2. The van der Waals surface area contributed by atoms with Gasteiger partial charge in [-0.3, -0.25) is 4.90 Å². The number of nitrogens with one attached hydrogen (secondary N) is 1. The van der Waals surface area contributed by atoms with Crippen LogP contribution in [0, 0.1) is 0 Å². The van der Waals surface area contributed by atoms with Crippen molar-refractivity contribution in [3.05, 3.63) is 16.7 Å². The summed E-state index contributed by atoms with van der Waals surface area (Å²) in [6.07, 6.45) is 4.33. The fraction of sp³-hybridized carbons (Fsp3) is 0.583. The zero-order chi connectivity index (χ0) is 12.3. The molecule has 1 aliphatic heterocycles. The quantitative estimate of drug-likeness (QED) is 0.896. The van der Waals surface area contributed by atoms with Crippen LogP contribution in [-0.2, 0) is 0 Å². The fourth-order valence-electron chi connectivity index (χ4n) is 2.36. The minimum absolute atomic E-state index is 0.616. The topological polar surface area (TPSA) is 54.2 Å². The number of nitrogens with zero attached hydrogens (tertiary/aromatic N) is 2. The first-order valence-corrected chi connectivity index (χ1v) is 6.89. The molecule has 0 aliphatic carbocycles. The van der Waals surface area contributed by atoms with Gasteiger partial charge in [-0.15, -0.1) is 0 Å². The minimum atomic E-state index is 0.616. The van der Waals surface area contributed by atoms with Gasteiger partial charge in [0.25, 0.3) is 0 Å². The molecule has 0 radical (unpaired) electrons. The second kappa shape index (κ2) is 5.69. The van der Waals surface area contributed by atoms with E-state index in [1.165, 1.54) is 19.4 Å². The minimum Gasteiger partial charge on any atom is -0.396 e. The molecule has 1 unspecified atom stereocenters. The van der Waals surface area contributed by atoms with E-state index in [9.17, 15) is 0 Å². The molecule has 5 heteroatoms. The number of anilines is 2. The molecule has 0 aromatic carbocycles. The summed E-state index contributed by atoms with van der Waals surface area (Å²) in [5.74, 6) is 0.788. The summed E-state index contributed by atoms with van der Waals surface area (Å²) >= 11 is 3.36. The SMILES string of the molecule is CCN1CCCC1CNc1ncc(Br)cc1N. The van der Waals surface area contributed by atoms with Crippen LogP contribution >= 0.6 is 15.9 Å². The molecule has 1 aliphatic rings. The van der Waals surface area contributed by atoms with E-state index in [1.807, 2.05) is 6.07 Å². The number of pyridine rings is 1. The van der Waals surface area contributed by atoms with E-state index >= 15 is 0 Å². The molecule has 1 saturated heterocycles. The zero-order valence-electron chi connectivity index (χ0n) is 10.1. The van der Waals surface area contributed by atoms with E-state index in [4.69, 9.17) is 5.73 Å². The van der Waals surface area contributed by atoms with Gasteiger partial charge in [-0.2, -0.15) is 0 Å². The summed E-state index contributed by atoms with van der Waals surface area (Å²) < 4.78 is 0.914. The highest BCUT2D eigenvalue weighted by Crippen LogP contribution is 2.21. The average Bonchev–Trinajstić information content (AvgIpc) is 2.75. The Morgan fingerprint density at radius 3 is 3.18 bits per heavy atom.